The lowest BCUT2D eigenvalue weighted by atomic mass is 9.44. The molecule has 6 aliphatic carbocycles. The first kappa shape index (κ1) is 39.1. The predicted octanol–water partition coefficient (Wildman–Crippen LogP) is 8.83. The largest absolute Gasteiger partial charge is 0.307 e. The number of halogens is 2. The third kappa shape index (κ3) is 6.05. The van der Waals surface area contributed by atoms with Gasteiger partial charge < -0.3 is 14.5 Å². The number of ketones is 4. The number of Topliss-reactive ketones (excluding diaryl/α,β-unsaturated/α-hetero) is 2. The monoisotopic (exact) mass is 727 g/mol. The summed E-state index contributed by atoms with van der Waals surface area (Å²) in [6.07, 6.45) is 14.7. The van der Waals surface area contributed by atoms with Crippen LogP contribution in [0.1, 0.15) is 106 Å². The molecule has 2 saturated carbocycles. The smallest absolute Gasteiger partial charge is 0.226 e. The maximum absolute atomic E-state index is 14.7. The molecule has 0 spiro atoms. The highest BCUT2D eigenvalue weighted by atomic mass is 19.1. The van der Waals surface area contributed by atoms with Crippen molar-refractivity contribution in [3.05, 3.63) is 69.7 Å². The maximum Gasteiger partial charge on any atom is 0.226 e. The molecular weight excluding hydrogens is 672 g/mol. The van der Waals surface area contributed by atoms with E-state index in [4.69, 9.17) is 13.1 Å². The SMILES string of the molecule is [C-]#[N+]C1=C[C@]2(C)C3=CC(=O)CC[C@]3(CF)CC[C@H]2C(C)(C)C1=O.[C-]#[N+]C1=C[C@]2(C)C3=CC(=O)[C@H](CN4CCCCC4)C[C@]3(CF)CC[C@H]2C(C)(C)C1=O. The second kappa shape index (κ2) is 13.6. The van der Waals surface area contributed by atoms with Crippen LogP contribution < -0.4 is 0 Å². The minimum atomic E-state index is -0.694. The van der Waals surface area contributed by atoms with Crippen LogP contribution in [-0.4, -0.2) is 61.0 Å². The van der Waals surface area contributed by atoms with E-state index in [2.05, 4.69) is 14.6 Å². The highest BCUT2D eigenvalue weighted by molar-refractivity contribution is 6.03. The number of rotatable bonds is 4. The van der Waals surface area contributed by atoms with Crippen molar-refractivity contribution in [3.8, 4) is 0 Å². The lowest BCUT2D eigenvalue weighted by molar-refractivity contribution is -0.132. The summed E-state index contributed by atoms with van der Waals surface area (Å²) in [5.41, 5.74) is -1.95. The number of alkyl halides is 2. The molecule has 284 valence electrons. The lowest BCUT2D eigenvalue weighted by Gasteiger charge is -2.59. The highest BCUT2D eigenvalue weighted by Crippen LogP contribution is 2.66. The van der Waals surface area contributed by atoms with E-state index < -0.39 is 45.8 Å². The number of hydrogen-bond donors (Lipinski definition) is 0. The van der Waals surface area contributed by atoms with E-state index in [9.17, 15) is 28.0 Å². The summed E-state index contributed by atoms with van der Waals surface area (Å²) < 4.78 is 28.8. The van der Waals surface area contributed by atoms with E-state index >= 15 is 0 Å². The zero-order valence-corrected chi connectivity index (χ0v) is 32.4. The fraction of sp³-hybridized carbons (Fsp3) is 0.682. The van der Waals surface area contributed by atoms with E-state index in [1.54, 1.807) is 24.3 Å². The molecule has 7 nitrogen and oxygen atoms in total. The van der Waals surface area contributed by atoms with Crippen molar-refractivity contribution < 1.29 is 28.0 Å². The van der Waals surface area contributed by atoms with Crippen molar-refractivity contribution in [1.82, 2.24) is 4.90 Å². The average molecular weight is 728 g/mol. The lowest BCUT2D eigenvalue weighted by Crippen LogP contribution is -2.56. The zero-order valence-electron chi connectivity index (χ0n) is 32.4. The van der Waals surface area contributed by atoms with E-state index in [1.807, 2.05) is 41.5 Å². The number of carbonyl (C=O) groups excluding carboxylic acids is 4. The molecule has 0 unspecified atom stereocenters. The summed E-state index contributed by atoms with van der Waals surface area (Å²) in [5, 5.41) is 0. The van der Waals surface area contributed by atoms with E-state index in [1.165, 1.54) is 19.3 Å². The van der Waals surface area contributed by atoms with Crippen molar-refractivity contribution in [2.75, 3.05) is 33.0 Å². The standard InChI is InChI=1S/C25H33FN2O2.C19H22FNO2/c1-23(2)20-8-9-25(16-26)13-17(15-28-10-6-5-7-11-28)19(29)12-21(25)24(20,3)14-18(27-4)22(23)30;1-17(2)14-6-8-19(11-20)7-5-12(22)9-15(19)18(14,3)10-13(21-4)16(17)23/h12,14,17,20H,5-11,13,15-16H2,1-3H3;9-10,14H,5-8,11H2,1-3H3/t17-,20-,24-,25-;14-,18-,19+/m00/s1. The minimum Gasteiger partial charge on any atom is -0.307 e. The van der Waals surface area contributed by atoms with Crippen LogP contribution in [0.5, 0.6) is 0 Å². The Balaban J connectivity index is 0.000000188. The van der Waals surface area contributed by atoms with E-state index in [-0.39, 0.29) is 52.3 Å². The highest BCUT2D eigenvalue weighted by Gasteiger charge is 2.62. The van der Waals surface area contributed by atoms with Gasteiger partial charge in [-0.05, 0) is 99.6 Å². The molecule has 53 heavy (non-hydrogen) atoms. The van der Waals surface area contributed by atoms with Crippen LogP contribution in [-0.2, 0) is 19.2 Å². The van der Waals surface area contributed by atoms with Gasteiger partial charge in [0, 0.05) is 51.4 Å². The van der Waals surface area contributed by atoms with Gasteiger partial charge in [-0.1, -0.05) is 60.1 Å². The van der Waals surface area contributed by atoms with Gasteiger partial charge in [-0.15, -0.1) is 0 Å². The van der Waals surface area contributed by atoms with E-state index in [0.29, 0.717) is 32.1 Å². The van der Waals surface area contributed by atoms with Crippen LogP contribution in [0.4, 0.5) is 8.78 Å². The van der Waals surface area contributed by atoms with Crippen LogP contribution in [0.25, 0.3) is 9.69 Å². The maximum atomic E-state index is 14.7. The van der Waals surface area contributed by atoms with Gasteiger partial charge in [0.05, 0.1) is 26.5 Å². The number of hydrogen-bond acceptors (Lipinski definition) is 5. The van der Waals surface area contributed by atoms with Gasteiger partial charge in [0.15, 0.2) is 23.1 Å². The first-order valence-electron chi connectivity index (χ1n) is 19.6. The molecule has 0 aromatic heterocycles. The Morgan fingerprint density at radius 3 is 1.70 bits per heavy atom. The molecule has 1 heterocycles. The van der Waals surface area contributed by atoms with Crippen molar-refractivity contribution >= 4 is 23.1 Å². The molecular formula is C44H55F2N3O4. The van der Waals surface area contributed by atoms with Gasteiger partial charge in [0.25, 0.3) is 0 Å². The van der Waals surface area contributed by atoms with Crippen molar-refractivity contribution in [1.29, 1.82) is 0 Å². The van der Waals surface area contributed by atoms with Crippen LogP contribution in [0, 0.1) is 63.4 Å². The third-order valence-electron chi connectivity index (χ3n) is 15.0. The summed E-state index contributed by atoms with van der Waals surface area (Å²) in [7, 11) is 0. The Bertz CT molecular complexity index is 1820. The predicted molar refractivity (Wildman–Crippen MR) is 199 cm³/mol. The molecule has 0 amide bonds. The molecule has 7 atom stereocenters. The second-order valence-corrected chi connectivity index (χ2v) is 18.7. The van der Waals surface area contributed by atoms with Gasteiger partial charge in [-0.25, -0.2) is 9.69 Å². The normalized spacial score (nSPS) is 38.8. The number of likely N-dealkylation sites (tertiary alicyclic amines) is 1. The number of fused-ring (bicyclic) bond motifs is 6. The Morgan fingerprint density at radius 2 is 1.21 bits per heavy atom. The molecule has 0 N–H and O–H groups in total. The molecule has 7 rings (SSSR count). The third-order valence-corrected chi connectivity index (χ3v) is 15.0. The van der Waals surface area contributed by atoms with E-state index in [0.717, 1.165) is 43.6 Å². The van der Waals surface area contributed by atoms with Crippen molar-refractivity contribution in [2.24, 2.45) is 50.2 Å². The Kier molecular flexibility index (Phi) is 10.1. The first-order valence-corrected chi connectivity index (χ1v) is 19.6. The summed E-state index contributed by atoms with van der Waals surface area (Å²) in [6, 6.07) is 0. The molecule has 1 saturated heterocycles. The van der Waals surface area contributed by atoms with Crippen molar-refractivity contribution in [2.45, 2.75) is 106 Å². The van der Waals surface area contributed by atoms with Gasteiger partial charge in [0.1, 0.15) is 0 Å². The molecule has 3 fully saturated rings. The van der Waals surface area contributed by atoms with Gasteiger partial charge in [0.2, 0.25) is 11.4 Å². The topological polar surface area (TPSA) is 80.2 Å². The van der Waals surface area contributed by atoms with Crippen LogP contribution >= 0.6 is 0 Å². The van der Waals surface area contributed by atoms with Crippen LogP contribution in [0.15, 0.2) is 46.8 Å². The molecule has 7 aliphatic rings. The molecule has 0 radical (unpaired) electrons. The van der Waals surface area contributed by atoms with Crippen molar-refractivity contribution in [3.63, 3.8) is 0 Å². The minimum absolute atomic E-state index is 0.00942. The number of piperidine rings is 1. The summed E-state index contributed by atoms with van der Waals surface area (Å²) in [4.78, 5) is 60.0. The number of allylic oxidation sites excluding steroid dienone is 8. The van der Waals surface area contributed by atoms with Crippen LogP contribution in [0.2, 0.25) is 0 Å². The molecule has 0 aromatic rings. The van der Waals surface area contributed by atoms with Gasteiger partial charge in [-0.3, -0.25) is 18.4 Å². The molecule has 1 aliphatic heterocycles. The molecule has 0 aromatic carbocycles. The summed E-state index contributed by atoms with van der Waals surface area (Å²) in [5.74, 6) is -0.341. The fourth-order valence-corrected chi connectivity index (χ4v) is 12.2. The average Bonchev–Trinajstić information content (AvgIpc) is 3.13. The summed E-state index contributed by atoms with van der Waals surface area (Å²) >= 11 is 0. The van der Waals surface area contributed by atoms with Gasteiger partial charge >= 0.3 is 0 Å². The quantitative estimate of drug-likeness (QED) is 0.271. The number of nitrogens with zero attached hydrogens (tertiary/aromatic N) is 3. The Morgan fingerprint density at radius 1 is 0.717 bits per heavy atom. The molecule has 9 heteroatoms. The summed E-state index contributed by atoms with van der Waals surface area (Å²) in [6.45, 7) is 28.2. The zero-order chi connectivity index (χ0) is 38.8. The Labute approximate surface area is 314 Å². The number of carbonyl (C=O) groups is 4. The molecule has 0 bridgehead atoms. The Hall–Kier alpha value is -3.56. The first-order chi connectivity index (χ1) is 24.9. The van der Waals surface area contributed by atoms with Gasteiger partial charge in [-0.2, -0.15) is 0 Å². The van der Waals surface area contributed by atoms with Crippen LogP contribution in [0.3, 0.4) is 0 Å². The second-order valence-electron chi connectivity index (χ2n) is 18.7. The fourth-order valence-electron chi connectivity index (χ4n) is 12.2.